The highest BCUT2D eigenvalue weighted by molar-refractivity contribution is 7.83. The highest BCUT2D eigenvalue weighted by Crippen LogP contribution is 2.32. The van der Waals surface area contributed by atoms with Crippen molar-refractivity contribution in [3.8, 4) is 0 Å². The quantitative estimate of drug-likeness (QED) is 0.297. The number of methoxy groups -OCH3 is 1. The lowest BCUT2D eigenvalue weighted by molar-refractivity contribution is 0.0602. The van der Waals surface area contributed by atoms with E-state index in [1.54, 1.807) is 36.4 Å². The first-order valence-electron chi connectivity index (χ1n) is 10.7. The number of hydrogen-bond donors (Lipinski definition) is 1. The van der Waals surface area contributed by atoms with E-state index in [1.807, 2.05) is 25.1 Å². The molecule has 6 nitrogen and oxygen atoms in total. The molecule has 1 atom stereocenters. The Bertz CT molecular complexity index is 1410. The summed E-state index contributed by atoms with van der Waals surface area (Å²) in [5.41, 5.74) is 2.39. The molecule has 0 radical (unpaired) electrons. The monoisotopic (exact) mass is 495 g/mol. The summed E-state index contributed by atoms with van der Waals surface area (Å²) < 4.78 is 34.6. The fourth-order valence-corrected chi connectivity index (χ4v) is 5.78. The Kier molecular flexibility index (Phi) is 6.42. The number of nitrogens with one attached hydrogen (secondary N) is 1. The van der Waals surface area contributed by atoms with Gasteiger partial charge in [-0.05, 0) is 43.3 Å². The Morgan fingerprint density at radius 2 is 1.79 bits per heavy atom. The van der Waals surface area contributed by atoms with Crippen LogP contribution in [0.2, 0.25) is 19.6 Å². The summed E-state index contributed by atoms with van der Waals surface area (Å²) in [6, 6.07) is 15.7. The van der Waals surface area contributed by atoms with Gasteiger partial charge >= 0.3 is 5.97 Å². The number of anilines is 2. The second kappa shape index (κ2) is 9.15. The van der Waals surface area contributed by atoms with E-state index in [0.29, 0.717) is 21.5 Å². The summed E-state index contributed by atoms with van der Waals surface area (Å²) in [6.45, 7) is 8.40. The first kappa shape index (κ1) is 23.8. The van der Waals surface area contributed by atoms with Crippen molar-refractivity contribution in [2.45, 2.75) is 31.5 Å². The highest BCUT2D eigenvalue weighted by atomic mass is 32.2. The SMILES string of the molecule is COC(=O)c1ccc2c(cnn2S(=O)c2ccc(C)cc2)c1Nc1ccc([Si](C)(C)C)cc1F. The van der Waals surface area contributed by atoms with Gasteiger partial charge in [0, 0.05) is 5.39 Å². The molecular formula is C25H26FN3O3SSi. The van der Waals surface area contributed by atoms with Crippen molar-refractivity contribution in [1.82, 2.24) is 9.19 Å². The molecule has 1 heterocycles. The Hall–Kier alpha value is -3.30. The molecule has 0 spiro atoms. The predicted molar refractivity (Wildman–Crippen MR) is 137 cm³/mol. The molecule has 4 rings (SSSR count). The minimum absolute atomic E-state index is 0.226. The van der Waals surface area contributed by atoms with E-state index in [9.17, 15) is 9.00 Å². The average molecular weight is 496 g/mol. The number of rotatable bonds is 6. The van der Waals surface area contributed by atoms with Gasteiger partial charge in [-0.2, -0.15) is 9.19 Å². The second-order valence-electron chi connectivity index (χ2n) is 9.06. The Morgan fingerprint density at radius 1 is 1.09 bits per heavy atom. The van der Waals surface area contributed by atoms with E-state index in [-0.39, 0.29) is 11.3 Å². The van der Waals surface area contributed by atoms with Crippen LogP contribution in [0.3, 0.4) is 0 Å². The van der Waals surface area contributed by atoms with Crippen LogP contribution in [0.15, 0.2) is 65.7 Å². The molecule has 4 aromatic rings. The van der Waals surface area contributed by atoms with Gasteiger partial charge < -0.3 is 10.1 Å². The molecule has 0 aliphatic rings. The molecule has 1 unspecified atom stereocenters. The number of ether oxygens (including phenoxy) is 1. The number of aryl methyl sites for hydroxylation is 1. The fraction of sp³-hybridized carbons (Fsp3) is 0.200. The zero-order chi connectivity index (χ0) is 24.6. The van der Waals surface area contributed by atoms with E-state index >= 15 is 4.39 Å². The topological polar surface area (TPSA) is 73.2 Å². The number of aromatic nitrogens is 2. The van der Waals surface area contributed by atoms with Crippen molar-refractivity contribution in [2.75, 3.05) is 12.4 Å². The molecule has 0 amide bonds. The van der Waals surface area contributed by atoms with Gasteiger partial charge in [0.2, 0.25) is 0 Å². The minimum Gasteiger partial charge on any atom is -0.465 e. The number of benzene rings is 3. The smallest absolute Gasteiger partial charge is 0.339 e. The maximum atomic E-state index is 15.0. The molecule has 1 N–H and O–H groups in total. The van der Waals surface area contributed by atoms with E-state index < -0.39 is 30.8 Å². The Labute approximate surface area is 201 Å². The number of esters is 1. The molecule has 0 aliphatic carbocycles. The first-order chi connectivity index (χ1) is 16.1. The van der Waals surface area contributed by atoms with Gasteiger partial charge in [-0.15, -0.1) is 0 Å². The van der Waals surface area contributed by atoms with Crippen LogP contribution in [0.5, 0.6) is 0 Å². The summed E-state index contributed by atoms with van der Waals surface area (Å²) in [6.07, 6.45) is 1.52. The molecule has 1 aromatic heterocycles. The lowest BCUT2D eigenvalue weighted by Gasteiger charge is -2.18. The van der Waals surface area contributed by atoms with Crippen LogP contribution in [0.4, 0.5) is 15.8 Å². The van der Waals surface area contributed by atoms with E-state index in [2.05, 4.69) is 30.1 Å². The van der Waals surface area contributed by atoms with Crippen LogP contribution in [0.1, 0.15) is 15.9 Å². The minimum atomic E-state index is -1.69. The Morgan fingerprint density at radius 3 is 2.41 bits per heavy atom. The summed E-state index contributed by atoms with van der Waals surface area (Å²) in [5.74, 6) is -0.987. The van der Waals surface area contributed by atoms with Gasteiger partial charge in [0.1, 0.15) is 5.82 Å². The number of halogens is 1. The van der Waals surface area contributed by atoms with Crippen LogP contribution in [0.25, 0.3) is 10.9 Å². The molecule has 0 fully saturated rings. The van der Waals surface area contributed by atoms with E-state index in [4.69, 9.17) is 4.74 Å². The van der Waals surface area contributed by atoms with Crippen molar-refractivity contribution in [3.63, 3.8) is 0 Å². The Balaban J connectivity index is 1.82. The largest absolute Gasteiger partial charge is 0.465 e. The second-order valence-corrected chi connectivity index (χ2v) is 15.5. The van der Waals surface area contributed by atoms with Gasteiger partial charge in [0.05, 0.1) is 48.7 Å². The molecule has 34 heavy (non-hydrogen) atoms. The van der Waals surface area contributed by atoms with Gasteiger partial charge in [-0.3, -0.25) is 0 Å². The molecule has 0 saturated heterocycles. The van der Waals surface area contributed by atoms with Crippen LogP contribution in [-0.4, -0.2) is 34.5 Å². The molecule has 0 bridgehead atoms. The number of carbonyl (C=O) groups excluding carboxylic acids is 1. The predicted octanol–water partition coefficient (Wildman–Crippen LogP) is 5.13. The zero-order valence-electron chi connectivity index (χ0n) is 19.7. The summed E-state index contributed by atoms with van der Waals surface area (Å²) in [5, 5.41) is 8.91. The van der Waals surface area contributed by atoms with Crippen LogP contribution in [0, 0.1) is 12.7 Å². The van der Waals surface area contributed by atoms with Gasteiger partial charge in [0.15, 0.2) is 11.0 Å². The molecule has 0 saturated carbocycles. The number of hydrogen-bond acceptors (Lipinski definition) is 5. The fourth-order valence-electron chi connectivity index (χ4n) is 3.60. The number of carbonyl (C=O) groups is 1. The molecule has 9 heteroatoms. The summed E-state index contributed by atoms with van der Waals surface area (Å²) in [7, 11) is -2.00. The maximum absolute atomic E-state index is 15.0. The third kappa shape index (κ3) is 4.53. The first-order valence-corrected chi connectivity index (χ1v) is 15.4. The van der Waals surface area contributed by atoms with E-state index in [1.165, 1.54) is 17.4 Å². The van der Waals surface area contributed by atoms with Crippen LogP contribution >= 0.6 is 0 Å². The zero-order valence-corrected chi connectivity index (χ0v) is 21.5. The van der Waals surface area contributed by atoms with Gasteiger partial charge in [-0.25, -0.2) is 13.4 Å². The van der Waals surface area contributed by atoms with Gasteiger partial charge in [-0.1, -0.05) is 48.6 Å². The van der Waals surface area contributed by atoms with Crippen molar-refractivity contribution in [3.05, 3.63) is 77.7 Å². The number of fused-ring (bicyclic) bond motifs is 1. The highest BCUT2D eigenvalue weighted by Gasteiger charge is 2.22. The number of nitrogens with zero attached hydrogens (tertiary/aromatic N) is 2. The normalized spacial score (nSPS) is 12.5. The summed E-state index contributed by atoms with van der Waals surface area (Å²) >= 11 is 0. The van der Waals surface area contributed by atoms with Crippen molar-refractivity contribution < 1.29 is 18.1 Å². The molecular weight excluding hydrogens is 469 g/mol. The van der Waals surface area contributed by atoms with Gasteiger partial charge in [0.25, 0.3) is 0 Å². The lowest BCUT2D eigenvalue weighted by Crippen LogP contribution is -2.37. The van der Waals surface area contributed by atoms with Crippen LogP contribution in [-0.2, 0) is 15.7 Å². The van der Waals surface area contributed by atoms with Crippen LogP contribution < -0.4 is 10.5 Å². The molecule has 176 valence electrons. The standard InChI is InChI=1S/C25H26FN3O3SSi/c1-16-6-8-17(9-7-16)33(31)29-23-13-11-19(25(30)32-2)24(20(23)15-27-29)28-22-12-10-18(14-21(22)26)34(3,4)5/h6-15,28H,1-5H3. The lowest BCUT2D eigenvalue weighted by atomic mass is 10.1. The summed E-state index contributed by atoms with van der Waals surface area (Å²) in [4.78, 5) is 13.1. The maximum Gasteiger partial charge on any atom is 0.339 e. The van der Waals surface area contributed by atoms with Crippen molar-refractivity contribution >= 4 is 52.5 Å². The molecule has 0 aliphatic heterocycles. The van der Waals surface area contributed by atoms with Crippen molar-refractivity contribution in [2.24, 2.45) is 0 Å². The van der Waals surface area contributed by atoms with Crippen molar-refractivity contribution in [1.29, 1.82) is 0 Å². The third-order valence-corrected chi connectivity index (χ3v) is 8.92. The third-order valence-electron chi connectivity index (χ3n) is 5.60. The van der Waals surface area contributed by atoms with E-state index in [0.717, 1.165) is 10.8 Å². The molecule has 3 aromatic carbocycles. The average Bonchev–Trinajstić information content (AvgIpc) is 3.24.